The smallest absolute Gasteiger partial charge is 0.237 e. The van der Waals surface area contributed by atoms with Crippen molar-refractivity contribution in [1.82, 2.24) is 9.88 Å². The Labute approximate surface area is 188 Å². The average molecular weight is 461 g/mol. The summed E-state index contributed by atoms with van der Waals surface area (Å²) in [4.78, 5) is 18.2. The van der Waals surface area contributed by atoms with E-state index in [9.17, 15) is 13.2 Å². The van der Waals surface area contributed by atoms with Gasteiger partial charge in [0.1, 0.15) is 17.6 Å². The van der Waals surface area contributed by atoms with E-state index in [2.05, 4.69) is 17.1 Å². The van der Waals surface area contributed by atoms with Crippen LogP contribution in [0, 0.1) is 0 Å². The van der Waals surface area contributed by atoms with E-state index in [4.69, 9.17) is 4.74 Å². The van der Waals surface area contributed by atoms with Gasteiger partial charge in [0.25, 0.3) is 0 Å². The molecule has 3 aromatic rings. The summed E-state index contributed by atoms with van der Waals surface area (Å²) in [6.45, 7) is 1.03. The first-order valence-corrected chi connectivity index (χ1v) is 12.0. The Balaban J connectivity index is 0.00000272. The lowest BCUT2D eigenvalue weighted by atomic mass is 10.0. The van der Waals surface area contributed by atoms with Gasteiger partial charge in [-0.25, -0.2) is 8.42 Å². The fourth-order valence-electron chi connectivity index (χ4n) is 3.69. The average Bonchev–Trinajstić information content (AvgIpc) is 2.73. The van der Waals surface area contributed by atoms with E-state index < -0.39 is 15.6 Å². The minimum absolute atomic E-state index is 0. The molecule has 31 heavy (non-hydrogen) atoms. The summed E-state index contributed by atoms with van der Waals surface area (Å²) in [6, 6.07) is 18.1. The Hall–Kier alpha value is -2.64. The molecular formula is C23H25ClN2O4S. The number of pyridine rings is 1. The van der Waals surface area contributed by atoms with Gasteiger partial charge >= 0.3 is 0 Å². The number of amides is 1. The lowest BCUT2D eigenvalue weighted by Gasteiger charge is -2.32. The van der Waals surface area contributed by atoms with Gasteiger partial charge < -0.3 is 9.64 Å². The third-order valence-electron chi connectivity index (χ3n) is 5.26. The maximum absolute atomic E-state index is 12.0. The third-order valence-corrected chi connectivity index (χ3v) is 6.03. The molecule has 1 saturated heterocycles. The van der Waals surface area contributed by atoms with Gasteiger partial charge in [0.15, 0.2) is 9.84 Å². The van der Waals surface area contributed by atoms with Gasteiger partial charge in [-0.3, -0.25) is 9.78 Å². The molecule has 0 saturated carbocycles. The number of halogens is 1. The summed E-state index contributed by atoms with van der Waals surface area (Å²) in [7, 11) is -3.30. The maximum atomic E-state index is 12.0. The van der Waals surface area contributed by atoms with Crippen LogP contribution >= 0.6 is 12.4 Å². The van der Waals surface area contributed by atoms with Crippen molar-refractivity contribution in [1.29, 1.82) is 0 Å². The van der Waals surface area contributed by atoms with E-state index in [0.717, 1.165) is 34.0 Å². The molecular weight excluding hydrogens is 436 g/mol. The zero-order valence-corrected chi connectivity index (χ0v) is 18.9. The number of carbonyl (C=O) groups is 1. The number of piperidine rings is 1. The fraction of sp³-hybridized carbons (Fsp3) is 0.304. The first-order chi connectivity index (χ1) is 14.4. The first-order valence-electron chi connectivity index (χ1n) is 9.95. The number of carbonyl (C=O) groups excluding carboxylic acids is 1. The van der Waals surface area contributed by atoms with Gasteiger partial charge in [-0.05, 0) is 29.8 Å². The second-order valence-corrected chi connectivity index (χ2v) is 9.85. The van der Waals surface area contributed by atoms with E-state index >= 15 is 0 Å². The van der Waals surface area contributed by atoms with E-state index in [1.54, 1.807) is 4.90 Å². The van der Waals surface area contributed by atoms with Gasteiger partial charge in [-0.1, -0.05) is 30.3 Å². The molecule has 0 spiro atoms. The summed E-state index contributed by atoms with van der Waals surface area (Å²) < 4.78 is 28.7. The van der Waals surface area contributed by atoms with Crippen LogP contribution in [-0.2, 0) is 14.6 Å². The Bertz CT molecular complexity index is 1160. The summed E-state index contributed by atoms with van der Waals surface area (Å²) in [5.41, 5.74) is 3.10. The number of benzene rings is 2. The summed E-state index contributed by atoms with van der Waals surface area (Å²) >= 11 is 0. The number of hydrogen-bond donors (Lipinski definition) is 0. The Morgan fingerprint density at radius 1 is 1.06 bits per heavy atom. The van der Waals surface area contributed by atoms with Crippen LogP contribution in [0.4, 0.5) is 0 Å². The van der Waals surface area contributed by atoms with E-state index in [1.165, 1.54) is 0 Å². The highest BCUT2D eigenvalue weighted by Gasteiger charge is 2.25. The zero-order valence-electron chi connectivity index (χ0n) is 17.2. The fourth-order valence-corrected chi connectivity index (χ4v) is 4.32. The minimum Gasteiger partial charge on any atom is -0.490 e. The quantitative estimate of drug-likeness (QED) is 0.579. The molecule has 0 aliphatic carbocycles. The SMILES string of the molecule is CS(=O)(=O)CC(=O)N1CCC(Oc2ccc(-c3cnc4ccccc4c3)cc2)CC1.Cl. The molecule has 0 unspecified atom stereocenters. The number of para-hydroxylation sites is 1. The van der Waals surface area contributed by atoms with Crippen molar-refractivity contribution in [3.05, 3.63) is 60.8 Å². The van der Waals surface area contributed by atoms with Crippen LogP contribution in [0.3, 0.4) is 0 Å². The molecule has 1 aromatic heterocycles. The van der Waals surface area contributed by atoms with Gasteiger partial charge in [0.05, 0.1) is 5.52 Å². The predicted molar refractivity (Wildman–Crippen MR) is 124 cm³/mol. The number of nitrogens with zero attached hydrogens (tertiary/aromatic N) is 2. The van der Waals surface area contributed by atoms with Gasteiger partial charge in [0, 0.05) is 49.3 Å². The second kappa shape index (κ2) is 9.66. The van der Waals surface area contributed by atoms with Crippen molar-refractivity contribution in [3.63, 3.8) is 0 Å². The van der Waals surface area contributed by atoms with Gasteiger partial charge in [-0.2, -0.15) is 0 Å². The molecule has 4 rings (SSSR count). The molecule has 6 nitrogen and oxygen atoms in total. The summed E-state index contributed by atoms with van der Waals surface area (Å²) in [6.07, 6.45) is 4.35. The number of ether oxygens (including phenoxy) is 1. The molecule has 0 radical (unpaired) electrons. The van der Waals surface area contributed by atoms with Crippen LogP contribution in [0.2, 0.25) is 0 Å². The highest BCUT2D eigenvalue weighted by Crippen LogP contribution is 2.26. The number of hydrogen-bond acceptors (Lipinski definition) is 5. The Morgan fingerprint density at radius 3 is 2.42 bits per heavy atom. The number of sulfone groups is 1. The molecule has 1 amide bonds. The topological polar surface area (TPSA) is 76.6 Å². The molecule has 1 aliphatic rings. The van der Waals surface area contributed by atoms with Crippen molar-refractivity contribution in [2.45, 2.75) is 18.9 Å². The molecule has 0 N–H and O–H groups in total. The number of rotatable bonds is 5. The summed E-state index contributed by atoms with van der Waals surface area (Å²) in [5, 5.41) is 1.10. The van der Waals surface area contributed by atoms with Crippen LogP contribution in [0.1, 0.15) is 12.8 Å². The monoisotopic (exact) mass is 460 g/mol. The van der Waals surface area contributed by atoms with E-state index in [-0.39, 0.29) is 24.4 Å². The molecule has 164 valence electrons. The lowest BCUT2D eigenvalue weighted by Crippen LogP contribution is -2.43. The van der Waals surface area contributed by atoms with Crippen LogP contribution in [0.25, 0.3) is 22.0 Å². The summed E-state index contributed by atoms with van der Waals surface area (Å²) in [5.74, 6) is 0.0292. The maximum Gasteiger partial charge on any atom is 0.237 e. The number of fused-ring (bicyclic) bond motifs is 1. The zero-order chi connectivity index (χ0) is 21.1. The lowest BCUT2D eigenvalue weighted by molar-refractivity contribution is -0.130. The van der Waals surface area contributed by atoms with Crippen LogP contribution in [0.5, 0.6) is 5.75 Å². The standard InChI is InChI=1S/C23H24N2O4S.ClH/c1-30(27,28)16-23(26)25-12-10-21(11-13-25)29-20-8-6-17(7-9-20)19-14-18-4-2-3-5-22(18)24-15-19;/h2-9,14-15,21H,10-13,16H2,1H3;1H. The van der Waals surface area contributed by atoms with Gasteiger partial charge in [0.2, 0.25) is 5.91 Å². The Morgan fingerprint density at radius 2 is 1.74 bits per heavy atom. The molecule has 1 fully saturated rings. The van der Waals surface area contributed by atoms with Crippen molar-refractivity contribution in [3.8, 4) is 16.9 Å². The molecule has 2 heterocycles. The number of aromatic nitrogens is 1. The van der Waals surface area contributed by atoms with Gasteiger partial charge in [-0.15, -0.1) is 12.4 Å². The molecule has 1 aliphatic heterocycles. The van der Waals surface area contributed by atoms with Crippen molar-refractivity contribution < 1.29 is 17.9 Å². The predicted octanol–water partition coefficient (Wildman–Crippen LogP) is 3.74. The van der Waals surface area contributed by atoms with E-state index in [0.29, 0.717) is 25.9 Å². The van der Waals surface area contributed by atoms with Crippen molar-refractivity contribution >= 4 is 39.1 Å². The number of likely N-dealkylation sites (tertiary alicyclic amines) is 1. The van der Waals surface area contributed by atoms with Crippen LogP contribution in [-0.4, -0.2) is 55.4 Å². The van der Waals surface area contributed by atoms with Crippen molar-refractivity contribution in [2.75, 3.05) is 25.1 Å². The van der Waals surface area contributed by atoms with E-state index in [1.807, 2.05) is 48.7 Å². The third kappa shape index (κ3) is 5.95. The molecule has 8 heteroatoms. The second-order valence-electron chi connectivity index (χ2n) is 7.71. The molecule has 0 bridgehead atoms. The highest BCUT2D eigenvalue weighted by molar-refractivity contribution is 7.91. The molecule has 2 aromatic carbocycles. The Kier molecular flexibility index (Phi) is 7.18. The van der Waals surface area contributed by atoms with Crippen LogP contribution < -0.4 is 4.74 Å². The highest BCUT2D eigenvalue weighted by atomic mass is 35.5. The van der Waals surface area contributed by atoms with Crippen molar-refractivity contribution in [2.24, 2.45) is 0 Å². The first kappa shape index (κ1) is 23.0. The normalized spacial score (nSPS) is 14.8. The van der Waals surface area contributed by atoms with Crippen LogP contribution in [0.15, 0.2) is 60.8 Å². The minimum atomic E-state index is -3.30. The largest absolute Gasteiger partial charge is 0.490 e. The molecule has 0 atom stereocenters.